The number of fused-ring (bicyclic) bond motifs is 3. The van der Waals surface area contributed by atoms with Crippen molar-refractivity contribution in [3.8, 4) is 0 Å². The van der Waals surface area contributed by atoms with Gasteiger partial charge >= 0.3 is 0 Å². The van der Waals surface area contributed by atoms with E-state index in [-0.39, 0.29) is 5.91 Å². The molecule has 0 bridgehead atoms. The highest BCUT2D eigenvalue weighted by Gasteiger charge is 2.22. The lowest BCUT2D eigenvalue weighted by molar-refractivity contribution is 0.0763. The van der Waals surface area contributed by atoms with Crippen molar-refractivity contribution < 1.29 is 4.79 Å². The predicted molar refractivity (Wildman–Crippen MR) is 103 cm³/mol. The number of nitrogens with one attached hydrogen (secondary N) is 1. The standard InChI is InChI=1S/C20H18Cl2N2O/c1-12-2-5-18-15(10-12)14-6-8-24(9-7-19(14)23-18)20(25)13-3-4-16(21)17(22)11-13/h2-5,10-11,23H,6-9H2,1H3. The van der Waals surface area contributed by atoms with Crippen LogP contribution in [0, 0.1) is 6.92 Å². The van der Waals surface area contributed by atoms with Gasteiger partial charge in [-0.3, -0.25) is 4.79 Å². The summed E-state index contributed by atoms with van der Waals surface area (Å²) < 4.78 is 0. The van der Waals surface area contributed by atoms with Gasteiger partial charge < -0.3 is 9.88 Å². The van der Waals surface area contributed by atoms with Crippen molar-refractivity contribution in [2.45, 2.75) is 19.8 Å². The van der Waals surface area contributed by atoms with Gasteiger partial charge in [0, 0.05) is 41.7 Å². The van der Waals surface area contributed by atoms with Crippen LogP contribution in [0.15, 0.2) is 36.4 Å². The lowest BCUT2D eigenvalue weighted by Gasteiger charge is -2.20. The second kappa shape index (κ2) is 6.40. The SMILES string of the molecule is Cc1ccc2[nH]c3c(c2c1)CCN(C(=O)c1ccc(Cl)c(Cl)c1)CC3. The monoisotopic (exact) mass is 372 g/mol. The normalized spacial score (nSPS) is 14.4. The van der Waals surface area contributed by atoms with E-state index in [4.69, 9.17) is 23.2 Å². The van der Waals surface area contributed by atoms with Crippen molar-refractivity contribution >= 4 is 40.0 Å². The molecule has 0 radical (unpaired) electrons. The van der Waals surface area contributed by atoms with Gasteiger partial charge in [-0.15, -0.1) is 0 Å². The number of rotatable bonds is 1. The van der Waals surface area contributed by atoms with Crippen LogP contribution in [0.25, 0.3) is 10.9 Å². The smallest absolute Gasteiger partial charge is 0.253 e. The fourth-order valence-electron chi connectivity index (χ4n) is 3.54. The van der Waals surface area contributed by atoms with E-state index in [0.717, 1.165) is 12.8 Å². The van der Waals surface area contributed by atoms with E-state index in [1.165, 1.54) is 27.7 Å². The zero-order valence-electron chi connectivity index (χ0n) is 13.9. The van der Waals surface area contributed by atoms with E-state index in [2.05, 4.69) is 30.1 Å². The van der Waals surface area contributed by atoms with Crippen molar-refractivity contribution in [1.82, 2.24) is 9.88 Å². The summed E-state index contributed by atoms with van der Waals surface area (Å²) in [6, 6.07) is 11.5. The Morgan fingerprint density at radius 3 is 2.64 bits per heavy atom. The molecule has 0 atom stereocenters. The molecule has 2 aromatic carbocycles. The average molecular weight is 373 g/mol. The summed E-state index contributed by atoms with van der Waals surface area (Å²) in [5.74, 6) is 0.00389. The number of carbonyl (C=O) groups excluding carboxylic acids is 1. The summed E-state index contributed by atoms with van der Waals surface area (Å²) in [7, 11) is 0. The zero-order chi connectivity index (χ0) is 17.6. The summed E-state index contributed by atoms with van der Waals surface area (Å²) in [5, 5.41) is 2.15. The van der Waals surface area contributed by atoms with Crippen LogP contribution in [-0.2, 0) is 12.8 Å². The van der Waals surface area contributed by atoms with Crippen LogP contribution in [0.4, 0.5) is 0 Å². The van der Waals surface area contributed by atoms with Gasteiger partial charge in [0.1, 0.15) is 0 Å². The van der Waals surface area contributed by atoms with Crippen LogP contribution in [0.5, 0.6) is 0 Å². The van der Waals surface area contributed by atoms with E-state index >= 15 is 0 Å². The minimum atomic E-state index is 0.00389. The third-order valence-corrected chi connectivity index (χ3v) is 5.61. The maximum Gasteiger partial charge on any atom is 0.253 e. The summed E-state index contributed by atoms with van der Waals surface area (Å²) in [6.45, 7) is 3.50. The third kappa shape index (κ3) is 3.03. The Kier molecular flexibility index (Phi) is 4.22. The Labute approximate surface area is 156 Å². The van der Waals surface area contributed by atoms with E-state index < -0.39 is 0 Å². The zero-order valence-corrected chi connectivity index (χ0v) is 15.4. The number of hydrogen-bond acceptors (Lipinski definition) is 1. The van der Waals surface area contributed by atoms with Crippen molar-refractivity contribution in [2.75, 3.05) is 13.1 Å². The highest BCUT2D eigenvalue weighted by atomic mass is 35.5. The van der Waals surface area contributed by atoms with Crippen molar-refractivity contribution in [1.29, 1.82) is 0 Å². The van der Waals surface area contributed by atoms with Crippen LogP contribution in [0.2, 0.25) is 10.0 Å². The van der Waals surface area contributed by atoms with Gasteiger partial charge in [-0.1, -0.05) is 34.8 Å². The number of carbonyl (C=O) groups is 1. The van der Waals surface area contributed by atoms with E-state index in [0.29, 0.717) is 28.7 Å². The Balaban J connectivity index is 1.60. The second-order valence-corrected chi connectivity index (χ2v) is 7.37. The fraction of sp³-hybridized carbons (Fsp3) is 0.250. The molecule has 0 spiro atoms. The second-order valence-electron chi connectivity index (χ2n) is 6.55. The number of hydrogen-bond donors (Lipinski definition) is 1. The number of amides is 1. The molecule has 5 heteroatoms. The summed E-state index contributed by atoms with van der Waals surface area (Å²) in [4.78, 5) is 18.2. The lowest BCUT2D eigenvalue weighted by Crippen LogP contribution is -2.33. The average Bonchev–Trinajstić information content (AvgIpc) is 2.80. The molecule has 25 heavy (non-hydrogen) atoms. The van der Waals surface area contributed by atoms with Crippen LogP contribution in [0.3, 0.4) is 0 Å². The number of aromatic amines is 1. The molecule has 1 aliphatic rings. The van der Waals surface area contributed by atoms with Gasteiger partial charge in [0.05, 0.1) is 10.0 Å². The number of aryl methyl sites for hydroxylation is 1. The fourth-order valence-corrected chi connectivity index (χ4v) is 3.83. The summed E-state index contributed by atoms with van der Waals surface area (Å²) in [5.41, 5.74) is 5.59. The first kappa shape index (κ1) is 16.5. The van der Waals surface area contributed by atoms with Crippen molar-refractivity contribution in [3.63, 3.8) is 0 Å². The first-order chi connectivity index (χ1) is 12.0. The molecule has 0 fully saturated rings. The van der Waals surface area contributed by atoms with E-state index in [1.54, 1.807) is 18.2 Å². The molecule has 3 aromatic rings. The molecule has 1 amide bonds. The quantitative estimate of drug-likeness (QED) is 0.639. The first-order valence-electron chi connectivity index (χ1n) is 8.37. The van der Waals surface area contributed by atoms with Crippen LogP contribution >= 0.6 is 23.2 Å². The van der Waals surface area contributed by atoms with Gasteiger partial charge in [0.15, 0.2) is 0 Å². The third-order valence-electron chi connectivity index (χ3n) is 4.87. The molecular weight excluding hydrogens is 355 g/mol. The van der Waals surface area contributed by atoms with Crippen molar-refractivity contribution in [3.05, 3.63) is 68.8 Å². The molecule has 3 nitrogen and oxygen atoms in total. The topological polar surface area (TPSA) is 36.1 Å². The highest BCUT2D eigenvalue weighted by molar-refractivity contribution is 6.42. The molecule has 0 saturated heterocycles. The maximum absolute atomic E-state index is 12.8. The first-order valence-corrected chi connectivity index (χ1v) is 9.13. The van der Waals surface area contributed by atoms with E-state index in [9.17, 15) is 4.79 Å². The molecule has 4 rings (SSSR count). The van der Waals surface area contributed by atoms with Gasteiger partial charge in [-0.2, -0.15) is 0 Å². The van der Waals surface area contributed by atoms with Gasteiger partial charge in [0.25, 0.3) is 5.91 Å². The lowest BCUT2D eigenvalue weighted by atomic mass is 10.1. The number of nitrogens with zero attached hydrogens (tertiary/aromatic N) is 1. The Hall–Kier alpha value is -1.97. The number of H-pyrrole nitrogens is 1. The molecule has 128 valence electrons. The molecule has 0 aliphatic carbocycles. The molecular formula is C20H18Cl2N2O. The number of aromatic nitrogens is 1. The molecule has 0 saturated carbocycles. The van der Waals surface area contributed by atoms with Crippen molar-refractivity contribution in [2.24, 2.45) is 0 Å². The predicted octanol–water partition coefficient (Wildman–Crippen LogP) is 5.02. The molecule has 0 unspecified atom stereocenters. The Morgan fingerprint density at radius 1 is 1.04 bits per heavy atom. The van der Waals surface area contributed by atoms with Crippen LogP contribution in [-0.4, -0.2) is 28.9 Å². The van der Waals surface area contributed by atoms with E-state index in [1.807, 2.05) is 4.90 Å². The highest BCUT2D eigenvalue weighted by Crippen LogP contribution is 2.28. The minimum absolute atomic E-state index is 0.00389. The minimum Gasteiger partial charge on any atom is -0.358 e. The van der Waals surface area contributed by atoms with Crippen LogP contribution in [0.1, 0.15) is 27.2 Å². The van der Waals surface area contributed by atoms with Gasteiger partial charge in [-0.05, 0) is 49.2 Å². The van der Waals surface area contributed by atoms with Crippen LogP contribution < -0.4 is 0 Å². The summed E-state index contributed by atoms with van der Waals surface area (Å²) in [6.07, 6.45) is 1.68. The molecule has 1 aromatic heterocycles. The Morgan fingerprint density at radius 2 is 1.84 bits per heavy atom. The number of benzene rings is 2. The maximum atomic E-state index is 12.8. The molecule has 2 heterocycles. The van der Waals surface area contributed by atoms with Gasteiger partial charge in [0.2, 0.25) is 0 Å². The molecule has 1 aliphatic heterocycles. The van der Waals surface area contributed by atoms with Gasteiger partial charge in [-0.25, -0.2) is 0 Å². The number of halogens is 2. The Bertz CT molecular complexity index is 977. The molecule has 1 N–H and O–H groups in total. The largest absolute Gasteiger partial charge is 0.358 e. The summed E-state index contributed by atoms with van der Waals surface area (Å²) >= 11 is 12.0.